The number of fused-ring (bicyclic) bond motifs is 8. The highest BCUT2D eigenvalue weighted by Gasteiger charge is 2.11. The molecule has 0 saturated carbocycles. The molecule has 3 aromatic rings. The van der Waals surface area contributed by atoms with Gasteiger partial charge < -0.3 is 9.97 Å². The highest BCUT2D eigenvalue weighted by molar-refractivity contribution is 6.51. The third-order valence-electron chi connectivity index (χ3n) is 4.98. The van der Waals surface area contributed by atoms with Crippen LogP contribution >= 0.6 is 23.2 Å². The minimum atomic E-state index is 0.579. The normalized spacial score (nSPS) is 13.0. The third-order valence-corrected chi connectivity index (χ3v) is 5.60. The summed E-state index contributed by atoms with van der Waals surface area (Å²) in [5, 5.41) is 1.20. The quantitative estimate of drug-likeness (QED) is 0.373. The van der Waals surface area contributed by atoms with Gasteiger partial charge >= 0.3 is 0 Å². The van der Waals surface area contributed by atoms with Crippen LogP contribution in [0.5, 0.6) is 0 Å². The maximum Gasteiger partial charge on any atom is 0.0845 e. The van der Waals surface area contributed by atoms with E-state index in [1.165, 1.54) is 5.56 Å². The molecule has 0 aromatic carbocycles. The Morgan fingerprint density at radius 2 is 1.72 bits per heavy atom. The van der Waals surface area contributed by atoms with Crippen molar-refractivity contribution in [2.75, 3.05) is 0 Å². The van der Waals surface area contributed by atoms with Crippen LogP contribution in [-0.2, 0) is 6.42 Å². The number of aromatic nitrogens is 4. The number of nitrogens with zero attached hydrogens (tertiary/aromatic N) is 2. The maximum absolute atomic E-state index is 6.43. The van der Waals surface area contributed by atoms with Gasteiger partial charge in [0.25, 0.3) is 0 Å². The SMILES string of the molecule is CCCc1c2nc(cc3nc(cc4[nH]c(cc4Cl)cc4ccc1[nH]4)C(Cl)=C3)C=C2. The lowest BCUT2D eigenvalue weighted by Gasteiger charge is -2.00. The average molecular weight is 421 g/mol. The number of rotatable bonds is 2. The van der Waals surface area contributed by atoms with E-state index in [2.05, 4.69) is 40.1 Å². The summed E-state index contributed by atoms with van der Waals surface area (Å²) in [5.41, 5.74) is 8.24. The second-order valence-electron chi connectivity index (χ2n) is 7.14. The Balaban J connectivity index is 1.89. The molecule has 5 rings (SSSR count). The van der Waals surface area contributed by atoms with E-state index in [-0.39, 0.29) is 0 Å². The molecule has 0 fully saturated rings. The molecule has 0 amide bonds. The standard InChI is InChI=1S/C23H18Cl2N4/c1-2-3-17-20-6-4-13(26-20)8-15-10-18(24)22(28-15)12-23-19(25)11-16(29-23)9-14-5-7-21(17)27-14/h4-12,26,28H,2-3H2,1H3. The van der Waals surface area contributed by atoms with Crippen molar-refractivity contribution >= 4 is 68.5 Å². The second-order valence-corrected chi connectivity index (χ2v) is 7.96. The first-order valence-electron chi connectivity index (χ1n) is 9.54. The van der Waals surface area contributed by atoms with E-state index >= 15 is 0 Å². The first kappa shape index (κ1) is 18.2. The molecule has 0 saturated heterocycles. The van der Waals surface area contributed by atoms with Gasteiger partial charge in [-0.15, -0.1) is 0 Å². The molecule has 0 atom stereocenters. The molecule has 0 radical (unpaired) electrons. The zero-order valence-electron chi connectivity index (χ0n) is 15.8. The molecular formula is C23H18Cl2N4. The first-order valence-corrected chi connectivity index (χ1v) is 10.3. The summed E-state index contributed by atoms with van der Waals surface area (Å²) in [6.07, 6.45) is 7.89. The van der Waals surface area contributed by atoms with Crippen LogP contribution in [0.3, 0.4) is 0 Å². The summed E-state index contributed by atoms with van der Waals surface area (Å²) < 4.78 is 0. The predicted molar refractivity (Wildman–Crippen MR) is 123 cm³/mol. The zero-order valence-corrected chi connectivity index (χ0v) is 17.3. The molecule has 8 bridgehead atoms. The van der Waals surface area contributed by atoms with E-state index in [0.29, 0.717) is 15.7 Å². The molecule has 2 aliphatic heterocycles. The summed E-state index contributed by atoms with van der Waals surface area (Å²) in [7, 11) is 0. The van der Waals surface area contributed by atoms with Gasteiger partial charge in [-0.3, -0.25) is 0 Å². The van der Waals surface area contributed by atoms with Crippen molar-refractivity contribution in [1.29, 1.82) is 0 Å². The molecule has 2 N–H and O–H groups in total. The summed E-state index contributed by atoms with van der Waals surface area (Å²) in [4.78, 5) is 16.3. The number of halogens is 2. The van der Waals surface area contributed by atoms with Crippen molar-refractivity contribution in [2.45, 2.75) is 19.8 Å². The fraction of sp³-hybridized carbons (Fsp3) is 0.130. The molecule has 4 nitrogen and oxygen atoms in total. The van der Waals surface area contributed by atoms with E-state index in [4.69, 9.17) is 28.2 Å². The number of aryl methyl sites for hydroxylation is 1. The van der Waals surface area contributed by atoms with Gasteiger partial charge in [-0.25, -0.2) is 9.97 Å². The van der Waals surface area contributed by atoms with Crippen LogP contribution in [-0.4, -0.2) is 19.9 Å². The van der Waals surface area contributed by atoms with Crippen molar-refractivity contribution in [1.82, 2.24) is 19.9 Å². The van der Waals surface area contributed by atoms with E-state index in [0.717, 1.165) is 52.0 Å². The molecule has 144 valence electrons. The van der Waals surface area contributed by atoms with Gasteiger partial charge in [0, 0.05) is 22.1 Å². The Bertz CT molecular complexity index is 1340. The van der Waals surface area contributed by atoms with Gasteiger partial charge in [0.15, 0.2) is 0 Å². The fourth-order valence-electron chi connectivity index (χ4n) is 3.66. The maximum atomic E-state index is 6.43. The van der Waals surface area contributed by atoms with Gasteiger partial charge in [0.2, 0.25) is 0 Å². The van der Waals surface area contributed by atoms with Gasteiger partial charge in [0.1, 0.15) is 0 Å². The lowest BCUT2D eigenvalue weighted by atomic mass is 10.1. The topological polar surface area (TPSA) is 57.4 Å². The molecule has 3 aromatic heterocycles. The number of aromatic amines is 2. The summed E-state index contributed by atoms with van der Waals surface area (Å²) in [6, 6.07) is 11.9. The van der Waals surface area contributed by atoms with Crippen LogP contribution < -0.4 is 0 Å². The smallest absolute Gasteiger partial charge is 0.0845 e. The van der Waals surface area contributed by atoms with E-state index in [1.54, 1.807) is 0 Å². The van der Waals surface area contributed by atoms with Crippen molar-refractivity contribution in [3.63, 3.8) is 0 Å². The van der Waals surface area contributed by atoms with Crippen molar-refractivity contribution in [2.24, 2.45) is 0 Å². The number of hydrogen-bond acceptors (Lipinski definition) is 2. The fourth-order valence-corrected chi connectivity index (χ4v) is 4.09. The molecule has 0 spiro atoms. The minimum absolute atomic E-state index is 0.579. The van der Waals surface area contributed by atoms with Crippen LogP contribution in [0.25, 0.3) is 45.3 Å². The lowest BCUT2D eigenvalue weighted by molar-refractivity contribution is 0.919. The first-order chi connectivity index (χ1) is 14.1. The molecule has 0 unspecified atom stereocenters. The highest BCUT2D eigenvalue weighted by Crippen LogP contribution is 2.28. The predicted octanol–water partition coefficient (Wildman–Crippen LogP) is 6.83. The second kappa shape index (κ2) is 7.21. The monoisotopic (exact) mass is 420 g/mol. The Morgan fingerprint density at radius 3 is 2.59 bits per heavy atom. The van der Waals surface area contributed by atoms with Crippen LogP contribution in [0, 0.1) is 0 Å². The van der Waals surface area contributed by atoms with Crippen LogP contribution in [0.4, 0.5) is 0 Å². The summed E-state index contributed by atoms with van der Waals surface area (Å²) >= 11 is 12.8. The Morgan fingerprint density at radius 1 is 0.862 bits per heavy atom. The van der Waals surface area contributed by atoms with Crippen molar-refractivity contribution in [3.05, 3.63) is 69.8 Å². The Labute approximate surface area is 178 Å². The number of nitrogens with one attached hydrogen (secondary N) is 2. The highest BCUT2D eigenvalue weighted by atomic mass is 35.5. The zero-order chi connectivity index (χ0) is 20.0. The molecular weight excluding hydrogens is 403 g/mol. The molecule has 5 heterocycles. The number of hydrogen-bond donors (Lipinski definition) is 2. The van der Waals surface area contributed by atoms with Crippen molar-refractivity contribution in [3.8, 4) is 0 Å². The summed E-state index contributed by atoms with van der Waals surface area (Å²) in [5.74, 6) is 0. The average Bonchev–Trinajstić information content (AvgIpc) is 3.45. The third kappa shape index (κ3) is 3.50. The van der Waals surface area contributed by atoms with E-state index in [1.807, 2.05) is 36.4 Å². The largest absolute Gasteiger partial charge is 0.355 e. The van der Waals surface area contributed by atoms with E-state index in [9.17, 15) is 0 Å². The van der Waals surface area contributed by atoms with Gasteiger partial charge in [-0.05, 0) is 61.0 Å². The van der Waals surface area contributed by atoms with E-state index < -0.39 is 0 Å². The van der Waals surface area contributed by atoms with Crippen molar-refractivity contribution < 1.29 is 0 Å². The Hall–Kier alpha value is -2.82. The lowest BCUT2D eigenvalue weighted by Crippen LogP contribution is -1.89. The van der Waals surface area contributed by atoms with Crippen LogP contribution in [0.1, 0.15) is 41.7 Å². The van der Waals surface area contributed by atoms with Crippen LogP contribution in [0.2, 0.25) is 5.02 Å². The molecule has 29 heavy (non-hydrogen) atoms. The van der Waals surface area contributed by atoms with Gasteiger partial charge in [0.05, 0.1) is 38.3 Å². The molecule has 0 aliphatic carbocycles. The van der Waals surface area contributed by atoms with Gasteiger partial charge in [-0.2, -0.15) is 0 Å². The molecule has 2 aliphatic rings. The minimum Gasteiger partial charge on any atom is -0.355 e. The molecule has 6 heteroatoms. The number of H-pyrrole nitrogens is 2. The Kier molecular flexibility index (Phi) is 4.53. The van der Waals surface area contributed by atoms with Crippen LogP contribution in [0.15, 0.2) is 36.4 Å². The van der Waals surface area contributed by atoms with Gasteiger partial charge in [-0.1, -0.05) is 36.5 Å². The summed E-state index contributed by atoms with van der Waals surface area (Å²) in [6.45, 7) is 2.17.